The molecule has 68 valence electrons. The van der Waals surface area contributed by atoms with Crippen LogP contribution in [0, 0.1) is 17.3 Å². The van der Waals surface area contributed by atoms with Crippen LogP contribution >= 0.6 is 0 Å². The van der Waals surface area contributed by atoms with Crippen LogP contribution in [0.1, 0.15) is 33.1 Å². The topological polar surface area (TPSA) is 29.1 Å². The standard InChI is InChI=1S/C10H17NO/c1-7(2)8-5-10(6-8)3-4-11-9(10)12/h7-8H,3-6H2,1-2H3,(H,11,12). The van der Waals surface area contributed by atoms with Gasteiger partial charge in [0.05, 0.1) is 5.41 Å². The second-order valence-electron chi connectivity index (χ2n) is 4.70. The number of hydrogen-bond acceptors (Lipinski definition) is 1. The fourth-order valence-corrected chi connectivity index (χ4v) is 2.52. The lowest BCUT2D eigenvalue weighted by Gasteiger charge is -2.45. The summed E-state index contributed by atoms with van der Waals surface area (Å²) in [7, 11) is 0. The van der Waals surface area contributed by atoms with E-state index in [0.717, 1.165) is 37.6 Å². The normalized spacial score (nSPS) is 40.2. The van der Waals surface area contributed by atoms with Crippen LogP contribution in [0.5, 0.6) is 0 Å². The molecule has 2 rings (SSSR count). The number of nitrogens with one attached hydrogen (secondary N) is 1. The molecule has 1 aliphatic carbocycles. The van der Waals surface area contributed by atoms with Crippen LogP contribution in [-0.2, 0) is 4.79 Å². The first-order valence-corrected chi connectivity index (χ1v) is 4.92. The molecule has 0 bridgehead atoms. The van der Waals surface area contributed by atoms with Crippen LogP contribution in [0.2, 0.25) is 0 Å². The van der Waals surface area contributed by atoms with Crippen LogP contribution in [0.4, 0.5) is 0 Å². The Bertz CT molecular complexity index is 204. The molecular formula is C10H17NO. The SMILES string of the molecule is CC(C)C1CC2(CCNC2=O)C1. The molecule has 0 unspecified atom stereocenters. The van der Waals surface area contributed by atoms with E-state index in [0.29, 0.717) is 5.91 Å². The van der Waals surface area contributed by atoms with Crippen LogP contribution < -0.4 is 5.32 Å². The Morgan fingerprint density at radius 3 is 2.58 bits per heavy atom. The van der Waals surface area contributed by atoms with E-state index in [1.165, 1.54) is 0 Å². The van der Waals surface area contributed by atoms with E-state index in [1.807, 2.05) is 0 Å². The smallest absolute Gasteiger partial charge is 0.226 e. The average molecular weight is 167 g/mol. The van der Waals surface area contributed by atoms with E-state index in [2.05, 4.69) is 19.2 Å². The highest BCUT2D eigenvalue weighted by molar-refractivity contribution is 5.85. The first-order valence-electron chi connectivity index (χ1n) is 4.92. The Morgan fingerprint density at radius 1 is 1.50 bits per heavy atom. The summed E-state index contributed by atoms with van der Waals surface area (Å²) in [5.41, 5.74) is 0.0783. The molecule has 0 atom stereocenters. The summed E-state index contributed by atoms with van der Waals surface area (Å²) in [6, 6.07) is 0. The second kappa shape index (κ2) is 2.48. The van der Waals surface area contributed by atoms with Crippen molar-refractivity contribution >= 4 is 5.91 Å². The van der Waals surface area contributed by atoms with Crippen molar-refractivity contribution < 1.29 is 4.79 Å². The van der Waals surface area contributed by atoms with Crippen molar-refractivity contribution in [3.63, 3.8) is 0 Å². The highest BCUT2D eigenvalue weighted by Gasteiger charge is 2.52. The highest BCUT2D eigenvalue weighted by atomic mass is 16.2. The van der Waals surface area contributed by atoms with Gasteiger partial charge in [0.25, 0.3) is 0 Å². The lowest BCUT2D eigenvalue weighted by atomic mass is 9.58. The van der Waals surface area contributed by atoms with Gasteiger partial charge < -0.3 is 5.32 Å². The Kier molecular flexibility index (Phi) is 1.67. The summed E-state index contributed by atoms with van der Waals surface area (Å²) in [6.45, 7) is 5.42. The van der Waals surface area contributed by atoms with Crippen LogP contribution in [-0.4, -0.2) is 12.5 Å². The monoisotopic (exact) mass is 167 g/mol. The Labute approximate surface area is 73.7 Å². The molecule has 1 aliphatic heterocycles. The van der Waals surface area contributed by atoms with E-state index in [9.17, 15) is 4.79 Å². The predicted molar refractivity (Wildman–Crippen MR) is 47.6 cm³/mol. The molecule has 2 nitrogen and oxygen atoms in total. The molecule has 12 heavy (non-hydrogen) atoms. The summed E-state index contributed by atoms with van der Waals surface area (Å²) < 4.78 is 0. The molecule has 2 fully saturated rings. The quantitative estimate of drug-likeness (QED) is 0.631. The lowest BCUT2D eigenvalue weighted by Crippen LogP contribution is -2.44. The van der Waals surface area contributed by atoms with Crippen molar-refractivity contribution in [1.82, 2.24) is 5.32 Å². The minimum atomic E-state index is 0.0783. The van der Waals surface area contributed by atoms with E-state index in [1.54, 1.807) is 0 Å². The minimum absolute atomic E-state index is 0.0783. The number of hydrogen-bond donors (Lipinski definition) is 1. The number of amides is 1. The lowest BCUT2D eigenvalue weighted by molar-refractivity contribution is -0.135. The van der Waals surface area contributed by atoms with Crippen molar-refractivity contribution in [3.8, 4) is 0 Å². The zero-order valence-corrected chi connectivity index (χ0v) is 7.89. The maximum atomic E-state index is 11.4. The number of carbonyl (C=O) groups is 1. The summed E-state index contributed by atoms with van der Waals surface area (Å²) in [6.07, 6.45) is 3.35. The van der Waals surface area contributed by atoms with Crippen molar-refractivity contribution in [1.29, 1.82) is 0 Å². The first kappa shape index (κ1) is 8.09. The van der Waals surface area contributed by atoms with Crippen LogP contribution in [0.25, 0.3) is 0 Å². The summed E-state index contributed by atoms with van der Waals surface area (Å²) >= 11 is 0. The molecular weight excluding hydrogens is 150 g/mol. The van der Waals surface area contributed by atoms with Gasteiger partial charge in [-0.1, -0.05) is 13.8 Å². The zero-order chi connectivity index (χ0) is 8.77. The summed E-state index contributed by atoms with van der Waals surface area (Å²) in [5.74, 6) is 1.87. The van der Waals surface area contributed by atoms with Crippen molar-refractivity contribution in [2.75, 3.05) is 6.54 Å². The molecule has 1 saturated heterocycles. The molecule has 0 aromatic rings. The largest absolute Gasteiger partial charge is 0.356 e. The van der Waals surface area contributed by atoms with Gasteiger partial charge in [-0.25, -0.2) is 0 Å². The van der Waals surface area contributed by atoms with Gasteiger partial charge in [-0.2, -0.15) is 0 Å². The fraction of sp³-hybridized carbons (Fsp3) is 0.900. The van der Waals surface area contributed by atoms with Crippen molar-refractivity contribution in [2.24, 2.45) is 17.3 Å². The third-order valence-corrected chi connectivity index (χ3v) is 3.62. The summed E-state index contributed by atoms with van der Waals surface area (Å²) in [5, 5.41) is 2.93. The average Bonchev–Trinajstić information content (AvgIpc) is 2.26. The zero-order valence-electron chi connectivity index (χ0n) is 7.89. The van der Waals surface area contributed by atoms with Crippen LogP contribution in [0.15, 0.2) is 0 Å². The van der Waals surface area contributed by atoms with Gasteiger partial charge in [-0.3, -0.25) is 4.79 Å². The van der Waals surface area contributed by atoms with Gasteiger partial charge in [-0.05, 0) is 31.1 Å². The third kappa shape index (κ3) is 0.970. The molecule has 1 amide bonds. The second-order valence-corrected chi connectivity index (χ2v) is 4.70. The van der Waals surface area contributed by atoms with E-state index < -0.39 is 0 Å². The molecule has 0 aromatic heterocycles. The molecule has 0 aromatic carbocycles. The molecule has 0 radical (unpaired) electrons. The van der Waals surface area contributed by atoms with E-state index in [4.69, 9.17) is 0 Å². The molecule has 1 N–H and O–H groups in total. The number of carbonyl (C=O) groups excluding carboxylic acids is 1. The van der Waals surface area contributed by atoms with Gasteiger partial charge in [0.15, 0.2) is 0 Å². The van der Waals surface area contributed by atoms with Gasteiger partial charge in [-0.15, -0.1) is 0 Å². The maximum Gasteiger partial charge on any atom is 0.226 e. The van der Waals surface area contributed by atoms with E-state index >= 15 is 0 Å². The van der Waals surface area contributed by atoms with Gasteiger partial charge in [0.1, 0.15) is 0 Å². The fourth-order valence-electron chi connectivity index (χ4n) is 2.52. The van der Waals surface area contributed by atoms with Gasteiger partial charge >= 0.3 is 0 Å². The Hall–Kier alpha value is -0.530. The highest BCUT2D eigenvalue weighted by Crippen LogP contribution is 2.52. The Morgan fingerprint density at radius 2 is 2.17 bits per heavy atom. The van der Waals surface area contributed by atoms with E-state index in [-0.39, 0.29) is 5.41 Å². The van der Waals surface area contributed by atoms with Gasteiger partial charge in [0, 0.05) is 6.54 Å². The Balaban J connectivity index is 1.98. The van der Waals surface area contributed by atoms with Crippen molar-refractivity contribution in [2.45, 2.75) is 33.1 Å². The first-order chi connectivity index (χ1) is 5.64. The maximum absolute atomic E-state index is 11.4. The van der Waals surface area contributed by atoms with Crippen molar-refractivity contribution in [3.05, 3.63) is 0 Å². The molecule has 1 spiro atoms. The van der Waals surface area contributed by atoms with Crippen LogP contribution in [0.3, 0.4) is 0 Å². The van der Waals surface area contributed by atoms with Gasteiger partial charge in [0.2, 0.25) is 5.91 Å². The molecule has 1 heterocycles. The summed E-state index contributed by atoms with van der Waals surface area (Å²) in [4.78, 5) is 11.4. The third-order valence-electron chi connectivity index (χ3n) is 3.62. The molecule has 2 heteroatoms. The minimum Gasteiger partial charge on any atom is -0.356 e. The molecule has 1 saturated carbocycles. The molecule has 2 aliphatic rings. The number of rotatable bonds is 1. The predicted octanol–water partition coefficient (Wildman–Crippen LogP) is 1.56.